The van der Waals surface area contributed by atoms with Crippen LogP contribution in [0.1, 0.15) is 37.2 Å². The summed E-state index contributed by atoms with van der Waals surface area (Å²) in [5.41, 5.74) is 3.15. The Kier molecular flexibility index (Phi) is 7.42. The van der Waals surface area contributed by atoms with Crippen molar-refractivity contribution in [1.29, 1.82) is 0 Å². The van der Waals surface area contributed by atoms with Crippen LogP contribution in [0.3, 0.4) is 0 Å². The first-order valence-electron chi connectivity index (χ1n) is 10.9. The van der Waals surface area contributed by atoms with Crippen LogP contribution < -0.4 is 10.2 Å². The molecule has 0 amide bonds. The molecule has 1 aliphatic rings. The highest BCUT2D eigenvalue weighted by Gasteiger charge is 2.25. The average Bonchev–Trinajstić information content (AvgIpc) is 3.22. The van der Waals surface area contributed by atoms with E-state index in [-0.39, 0.29) is 11.0 Å². The average molecular weight is 488 g/mol. The fourth-order valence-electron chi connectivity index (χ4n) is 4.07. The summed E-state index contributed by atoms with van der Waals surface area (Å²) < 4.78 is 9.65. The molecule has 0 bridgehead atoms. The van der Waals surface area contributed by atoms with Crippen molar-refractivity contribution in [3.8, 4) is 11.1 Å². The first kappa shape index (κ1) is 23.4. The molecule has 2 aromatic heterocycles. The molecule has 33 heavy (non-hydrogen) atoms. The summed E-state index contributed by atoms with van der Waals surface area (Å²) >= 11 is 7.13. The number of aromatic nitrogens is 3. The third kappa shape index (κ3) is 5.61. The van der Waals surface area contributed by atoms with Crippen molar-refractivity contribution in [2.45, 2.75) is 32.7 Å². The Morgan fingerprint density at radius 1 is 1.33 bits per heavy atom. The maximum atomic E-state index is 11.7. The number of nitrogens with one attached hydrogen (secondary N) is 1. The second-order valence-electron chi connectivity index (χ2n) is 8.32. The van der Waals surface area contributed by atoms with Crippen LogP contribution in [0.4, 0.5) is 16.5 Å². The van der Waals surface area contributed by atoms with Crippen molar-refractivity contribution in [3.63, 3.8) is 0 Å². The zero-order valence-electron chi connectivity index (χ0n) is 18.5. The Labute approximate surface area is 201 Å². The monoisotopic (exact) mass is 487 g/mol. The van der Waals surface area contributed by atoms with Crippen LogP contribution in [0.15, 0.2) is 36.5 Å². The summed E-state index contributed by atoms with van der Waals surface area (Å²) in [6.45, 7) is 6.76. The first-order valence-corrected chi connectivity index (χ1v) is 12.0. The molecule has 8 nitrogen and oxygen atoms in total. The Morgan fingerprint density at radius 3 is 2.79 bits per heavy atom. The third-order valence-corrected chi connectivity index (χ3v) is 6.36. The van der Waals surface area contributed by atoms with Crippen molar-refractivity contribution in [3.05, 3.63) is 47.5 Å². The van der Waals surface area contributed by atoms with E-state index in [2.05, 4.69) is 38.4 Å². The molecule has 0 radical (unpaired) electrons. The first-order chi connectivity index (χ1) is 15.9. The lowest BCUT2D eigenvalue weighted by Gasteiger charge is -2.38. The summed E-state index contributed by atoms with van der Waals surface area (Å²) in [6, 6.07) is 9.78. The minimum absolute atomic E-state index is 0.0126. The van der Waals surface area contributed by atoms with E-state index in [9.17, 15) is 9.90 Å². The number of nitrogens with zero attached hydrogens (tertiary/aromatic N) is 4. The van der Waals surface area contributed by atoms with E-state index >= 15 is 0 Å². The van der Waals surface area contributed by atoms with Crippen molar-refractivity contribution >= 4 is 45.6 Å². The third-order valence-electron chi connectivity index (χ3n) is 5.46. The smallest absolute Gasteiger partial charge is 0.355 e. The number of hydrogen-bond donors (Lipinski definition) is 2. The molecule has 0 spiro atoms. The van der Waals surface area contributed by atoms with Gasteiger partial charge in [0.1, 0.15) is 0 Å². The quantitative estimate of drug-likeness (QED) is 0.439. The summed E-state index contributed by atoms with van der Waals surface area (Å²) in [7, 11) is 0. The van der Waals surface area contributed by atoms with Gasteiger partial charge < -0.3 is 20.1 Å². The van der Waals surface area contributed by atoms with Gasteiger partial charge in [-0.15, -0.1) is 0 Å². The van der Waals surface area contributed by atoms with E-state index in [0.717, 1.165) is 49.5 Å². The number of halogens is 1. The van der Waals surface area contributed by atoms with E-state index < -0.39 is 5.97 Å². The van der Waals surface area contributed by atoms with Gasteiger partial charge in [-0.1, -0.05) is 26.0 Å². The molecule has 1 saturated heterocycles. The molecule has 174 valence electrons. The molecular weight excluding hydrogens is 462 g/mol. The minimum Gasteiger partial charge on any atom is -0.476 e. The van der Waals surface area contributed by atoms with Crippen molar-refractivity contribution in [2.24, 2.45) is 5.92 Å². The topological polar surface area (TPSA) is 100 Å². The molecule has 3 heterocycles. The predicted molar refractivity (Wildman–Crippen MR) is 131 cm³/mol. The highest BCUT2D eigenvalue weighted by molar-refractivity contribution is 7.10. The number of hydrogen-bond acceptors (Lipinski definition) is 8. The largest absolute Gasteiger partial charge is 0.476 e. The van der Waals surface area contributed by atoms with E-state index in [1.165, 1.54) is 17.7 Å². The molecule has 3 aromatic rings. The zero-order chi connectivity index (χ0) is 23.4. The number of aromatic carboxylic acids is 1. The van der Waals surface area contributed by atoms with E-state index in [1.807, 2.05) is 18.2 Å². The van der Waals surface area contributed by atoms with Gasteiger partial charge in [0.15, 0.2) is 5.69 Å². The lowest BCUT2D eigenvalue weighted by atomic mass is 9.99. The number of carboxylic acids is 1. The predicted octanol–water partition coefficient (Wildman–Crippen LogP) is 5.34. The summed E-state index contributed by atoms with van der Waals surface area (Å²) in [6.07, 6.45) is 3.38. The van der Waals surface area contributed by atoms with Gasteiger partial charge in [0.25, 0.3) is 0 Å². The van der Waals surface area contributed by atoms with Gasteiger partial charge in [-0.2, -0.15) is 9.36 Å². The molecule has 4 rings (SSSR count). The number of anilines is 3. The van der Waals surface area contributed by atoms with E-state index in [4.69, 9.17) is 16.3 Å². The highest BCUT2D eigenvalue weighted by Crippen LogP contribution is 2.37. The Hall–Kier alpha value is -2.75. The Morgan fingerprint density at radius 2 is 2.12 bits per heavy atom. The lowest BCUT2D eigenvalue weighted by Crippen LogP contribution is -2.42. The number of carbonyl (C=O) groups is 1. The second kappa shape index (κ2) is 10.5. The summed E-state index contributed by atoms with van der Waals surface area (Å²) in [5, 5.41) is 13.7. The molecule has 0 unspecified atom stereocenters. The van der Waals surface area contributed by atoms with Gasteiger partial charge in [0, 0.05) is 49.1 Å². The van der Waals surface area contributed by atoms with Crippen LogP contribution in [0, 0.1) is 5.92 Å². The van der Waals surface area contributed by atoms with Crippen LogP contribution in [0.5, 0.6) is 0 Å². The van der Waals surface area contributed by atoms with Gasteiger partial charge in [0.2, 0.25) is 10.4 Å². The van der Waals surface area contributed by atoms with E-state index in [1.54, 1.807) is 12.1 Å². The van der Waals surface area contributed by atoms with Crippen LogP contribution in [0.25, 0.3) is 11.1 Å². The van der Waals surface area contributed by atoms with Gasteiger partial charge in [-0.25, -0.2) is 9.78 Å². The fourth-order valence-corrected chi connectivity index (χ4v) is 4.79. The maximum Gasteiger partial charge on any atom is 0.355 e. The molecular formula is C23H26ClN5O3S. The second-order valence-corrected chi connectivity index (χ2v) is 9.41. The van der Waals surface area contributed by atoms with Gasteiger partial charge in [-0.3, -0.25) is 0 Å². The van der Waals surface area contributed by atoms with Crippen LogP contribution in [-0.4, -0.2) is 51.2 Å². The van der Waals surface area contributed by atoms with Gasteiger partial charge in [0.05, 0.1) is 11.4 Å². The highest BCUT2D eigenvalue weighted by atomic mass is 35.5. The Balaban J connectivity index is 1.80. The maximum absolute atomic E-state index is 11.7. The number of benzene rings is 1. The summed E-state index contributed by atoms with van der Waals surface area (Å²) in [4.78, 5) is 22.5. The molecule has 0 aliphatic carbocycles. The normalized spacial score (nSPS) is 14.4. The molecule has 2 N–H and O–H groups in total. The number of carboxylic acid groups (broad SMARTS) is 1. The van der Waals surface area contributed by atoms with Gasteiger partial charge >= 0.3 is 5.97 Å². The standard InChI is InChI=1S/C23H26ClN5O3S/c1-14(2)13-29(16-7-10-32-11-8-16)19-6-5-15(17-4-3-9-25-20(17)21(30)31)12-18(19)26-23-27-22(24)28-33-23/h3-6,9,12,14,16H,7-8,10-11,13H2,1-2H3,(H,30,31)(H,26,27,28). The van der Waals surface area contributed by atoms with Crippen LogP contribution in [0.2, 0.25) is 5.28 Å². The van der Waals surface area contributed by atoms with Crippen molar-refractivity contribution in [1.82, 2.24) is 14.3 Å². The number of rotatable bonds is 8. The van der Waals surface area contributed by atoms with Gasteiger partial charge in [-0.05, 0) is 54.1 Å². The van der Waals surface area contributed by atoms with Crippen LogP contribution in [-0.2, 0) is 4.74 Å². The summed E-state index contributed by atoms with van der Waals surface area (Å²) in [5.74, 6) is -0.614. The lowest BCUT2D eigenvalue weighted by molar-refractivity contribution is 0.0691. The van der Waals surface area contributed by atoms with Crippen molar-refractivity contribution in [2.75, 3.05) is 30.0 Å². The number of pyridine rings is 1. The molecule has 0 saturated carbocycles. The zero-order valence-corrected chi connectivity index (χ0v) is 20.1. The molecule has 1 aromatic carbocycles. The minimum atomic E-state index is -1.07. The molecule has 10 heteroatoms. The Bertz CT molecular complexity index is 1120. The SMILES string of the molecule is CC(C)CN(c1ccc(-c2cccnc2C(=O)O)cc1Nc1nc(Cl)ns1)C1CCOCC1. The molecule has 1 aliphatic heterocycles. The molecule has 0 atom stereocenters. The fraction of sp³-hybridized carbons (Fsp3) is 0.391. The molecule has 1 fully saturated rings. The number of ether oxygens (including phenoxy) is 1. The van der Waals surface area contributed by atoms with Crippen LogP contribution >= 0.6 is 23.1 Å². The van der Waals surface area contributed by atoms with E-state index in [0.29, 0.717) is 22.7 Å². The van der Waals surface area contributed by atoms with Crippen molar-refractivity contribution < 1.29 is 14.6 Å².